The Morgan fingerprint density at radius 3 is 2.38 bits per heavy atom. The highest BCUT2D eigenvalue weighted by molar-refractivity contribution is 5.68. The van der Waals surface area contributed by atoms with Gasteiger partial charge in [-0.1, -0.05) is 30.7 Å². The van der Waals surface area contributed by atoms with E-state index in [-0.39, 0.29) is 5.92 Å². The Morgan fingerprint density at radius 1 is 1.33 bits per heavy atom. The van der Waals surface area contributed by atoms with Crippen LogP contribution in [0.4, 0.5) is 4.79 Å². The average Bonchev–Trinajstić information content (AvgIpc) is 2.38. The molecule has 0 aliphatic carbocycles. The lowest BCUT2D eigenvalue weighted by atomic mass is 9.98. The number of nitrogens with one attached hydrogen (secondary N) is 1. The van der Waals surface area contributed by atoms with Gasteiger partial charge in [-0.2, -0.15) is 0 Å². The summed E-state index contributed by atoms with van der Waals surface area (Å²) in [6.07, 6.45) is 4.49. The predicted octanol–water partition coefficient (Wildman–Crippen LogP) is 3.59. The SMILES string of the molecule is C=C[C@H](C)[C@H](O)/C(C)=C/C=C(\C)CNC(=O)OC(C)(C)C. The zero-order valence-corrected chi connectivity index (χ0v) is 14.1. The summed E-state index contributed by atoms with van der Waals surface area (Å²) in [4.78, 5) is 11.5. The lowest BCUT2D eigenvalue weighted by molar-refractivity contribution is 0.0532. The van der Waals surface area contributed by atoms with Crippen LogP contribution in [0.5, 0.6) is 0 Å². The average molecular weight is 295 g/mol. The number of ether oxygens (including phenoxy) is 1. The van der Waals surface area contributed by atoms with Gasteiger partial charge in [0.2, 0.25) is 0 Å². The second-order valence-corrected chi connectivity index (χ2v) is 6.32. The van der Waals surface area contributed by atoms with Gasteiger partial charge in [-0.05, 0) is 40.2 Å². The minimum Gasteiger partial charge on any atom is -0.444 e. The molecule has 120 valence electrons. The van der Waals surface area contributed by atoms with Crippen molar-refractivity contribution in [1.29, 1.82) is 0 Å². The number of amides is 1. The van der Waals surface area contributed by atoms with Crippen LogP contribution < -0.4 is 5.32 Å². The molecule has 0 spiro atoms. The van der Waals surface area contributed by atoms with Crippen LogP contribution in [0.1, 0.15) is 41.5 Å². The highest BCUT2D eigenvalue weighted by Crippen LogP contribution is 2.13. The molecule has 0 rings (SSSR count). The van der Waals surface area contributed by atoms with E-state index < -0.39 is 17.8 Å². The number of carbonyl (C=O) groups is 1. The van der Waals surface area contributed by atoms with E-state index in [0.29, 0.717) is 6.54 Å². The van der Waals surface area contributed by atoms with Crippen LogP contribution in [0.3, 0.4) is 0 Å². The van der Waals surface area contributed by atoms with Crippen LogP contribution in [-0.4, -0.2) is 29.4 Å². The molecular formula is C17H29NO3. The highest BCUT2D eigenvalue weighted by atomic mass is 16.6. The lowest BCUT2D eigenvalue weighted by Gasteiger charge is -2.19. The monoisotopic (exact) mass is 295 g/mol. The van der Waals surface area contributed by atoms with Crippen LogP contribution in [-0.2, 0) is 4.74 Å². The number of hydrogen-bond acceptors (Lipinski definition) is 3. The standard InChI is InChI=1S/C17H29NO3/c1-8-13(3)15(19)14(4)10-9-12(2)11-18-16(20)21-17(5,6)7/h8-10,13,15,19H,1,11H2,2-7H3,(H,18,20)/b12-9+,14-10+/t13-,15-/m0/s1. The molecule has 4 nitrogen and oxygen atoms in total. The molecular weight excluding hydrogens is 266 g/mol. The third kappa shape index (κ3) is 9.08. The molecule has 0 aromatic heterocycles. The summed E-state index contributed by atoms with van der Waals surface area (Å²) >= 11 is 0. The summed E-state index contributed by atoms with van der Waals surface area (Å²) in [7, 11) is 0. The van der Waals surface area contributed by atoms with Gasteiger partial charge in [0.25, 0.3) is 0 Å². The van der Waals surface area contributed by atoms with Gasteiger partial charge in [-0.15, -0.1) is 6.58 Å². The van der Waals surface area contributed by atoms with Crippen molar-refractivity contribution in [3.63, 3.8) is 0 Å². The van der Waals surface area contributed by atoms with Crippen LogP contribution in [0, 0.1) is 5.92 Å². The first kappa shape index (κ1) is 19.4. The number of hydrogen-bond donors (Lipinski definition) is 2. The van der Waals surface area contributed by atoms with Gasteiger partial charge in [0, 0.05) is 12.5 Å². The van der Waals surface area contributed by atoms with E-state index in [9.17, 15) is 9.90 Å². The molecule has 2 atom stereocenters. The van der Waals surface area contributed by atoms with Gasteiger partial charge in [-0.25, -0.2) is 4.79 Å². The maximum absolute atomic E-state index is 11.5. The first-order valence-corrected chi connectivity index (χ1v) is 7.18. The number of aliphatic hydroxyl groups excluding tert-OH is 1. The lowest BCUT2D eigenvalue weighted by Crippen LogP contribution is -2.33. The van der Waals surface area contributed by atoms with Gasteiger partial charge >= 0.3 is 6.09 Å². The van der Waals surface area contributed by atoms with Crippen molar-refractivity contribution in [3.05, 3.63) is 36.0 Å². The topological polar surface area (TPSA) is 58.6 Å². The molecule has 21 heavy (non-hydrogen) atoms. The Hall–Kier alpha value is -1.55. The zero-order valence-electron chi connectivity index (χ0n) is 14.1. The molecule has 0 saturated carbocycles. The minimum absolute atomic E-state index is 0.00912. The van der Waals surface area contributed by atoms with E-state index >= 15 is 0 Å². The highest BCUT2D eigenvalue weighted by Gasteiger charge is 2.15. The number of aliphatic hydroxyl groups is 1. The predicted molar refractivity (Wildman–Crippen MR) is 87.1 cm³/mol. The van der Waals surface area contributed by atoms with E-state index in [1.807, 2.05) is 53.7 Å². The molecule has 0 aliphatic heterocycles. The zero-order chi connectivity index (χ0) is 16.6. The molecule has 0 unspecified atom stereocenters. The first-order valence-electron chi connectivity index (χ1n) is 7.18. The third-order valence-electron chi connectivity index (χ3n) is 2.88. The minimum atomic E-state index is -0.537. The summed E-state index contributed by atoms with van der Waals surface area (Å²) in [5.74, 6) is 0.00912. The van der Waals surface area contributed by atoms with E-state index in [2.05, 4.69) is 11.9 Å². The summed E-state index contributed by atoms with van der Waals surface area (Å²) in [6, 6.07) is 0. The number of allylic oxidation sites excluding steroid dienone is 2. The van der Waals surface area contributed by atoms with E-state index in [1.165, 1.54) is 0 Å². The molecule has 0 aromatic rings. The Balaban J connectivity index is 4.43. The van der Waals surface area contributed by atoms with Crippen LogP contribution in [0.2, 0.25) is 0 Å². The fourth-order valence-electron chi connectivity index (χ4n) is 1.50. The van der Waals surface area contributed by atoms with E-state index in [0.717, 1.165) is 11.1 Å². The van der Waals surface area contributed by atoms with Crippen LogP contribution >= 0.6 is 0 Å². The van der Waals surface area contributed by atoms with Gasteiger partial charge in [0.15, 0.2) is 0 Å². The Morgan fingerprint density at radius 2 is 1.90 bits per heavy atom. The van der Waals surface area contributed by atoms with Crippen molar-refractivity contribution in [2.75, 3.05) is 6.54 Å². The van der Waals surface area contributed by atoms with Gasteiger partial charge in [0.1, 0.15) is 5.60 Å². The van der Waals surface area contributed by atoms with Crippen molar-refractivity contribution < 1.29 is 14.6 Å². The fourth-order valence-corrected chi connectivity index (χ4v) is 1.50. The molecule has 0 saturated heterocycles. The van der Waals surface area contributed by atoms with Crippen molar-refractivity contribution in [2.24, 2.45) is 5.92 Å². The summed E-state index contributed by atoms with van der Waals surface area (Å²) in [6.45, 7) is 15.2. The number of rotatable bonds is 6. The molecule has 0 heterocycles. The second kappa shape index (κ2) is 8.67. The Bertz CT molecular complexity index is 416. The molecule has 0 bridgehead atoms. The van der Waals surface area contributed by atoms with E-state index in [4.69, 9.17) is 4.74 Å². The first-order chi connectivity index (χ1) is 9.56. The smallest absolute Gasteiger partial charge is 0.407 e. The molecule has 0 aromatic carbocycles. The molecule has 2 N–H and O–H groups in total. The van der Waals surface area contributed by atoms with Crippen molar-refractivity contribution in [3.8, 4) is 0 Å². The van der Waals surface area contributed by atoms with E-state index in [1.54, 1.807) is 6.08 Å². The normalized spacial score (nSPS) is 16.1. The number of carbonyl (C=O) groups excluding carboxylic acids is 1. The summed E-state index contributed by atoms with van der Waals surface area (Å²) in [5, 5.41) is 12.7. The van der Waals surface area contributed by atoms with Gasteiger partial charge in [0.05, 0.1) is 6.10 Å². The van der Waals surface area contributed by atoms with Crippen molar-refractivity contribution >= 4 is 6.09 Å². The van der Waals surface area contributed by atoms with Gasteiger partial charge in [-0.3, -0.25) is 0 Å². The number of alkyl carbamates (subject to hydrolysis) is 1. The molecule has 0 radical (unpaired) electrons. The van der Waals surface area contributed by atoms with Crippen molar-refractivity contribution in [2.45, 2.75) is 53.2 Å². The van der Waals surface area contributed by atoms with Crippen LogP contribution in [0.25, 0.3) is 0 Å². The van der Waals surface area contributed by atoms with Crippen molar-refractivity contribution in [1.82, 2.24) is 5.32 Å². The fraction of sp³-hybridized carbons (Fsp3) is 0.588. The maximum atomic E-state index is 11.5. The largest absolute Gasteiger partial charge is 0.444 e. The molecule has 4 heteroatoms. The Kier molecular flexibility index (Phi) is 8.03. The molecule has 0 aliphatic rings. The molecule has 0 fully saturated rings. The Labute approximate surface area is 128 Å². The van der Waals surface area contributed by atoms with Gasteiger partial charge < -0.3 is 15.2 Å². The molecule has 1 amide bonds. The third-order valence-corrected chi connectivity index (χ3v) is 2.88. The quantitative estimate of drug-likeness (QED) is 0.581. The summed E-state index contributed by atoms with van der Waals surface area (Å²) in [5.41, 5.74) is 1.33. The summed E-state index contributed by atoms with van der Waals surface area (Å²) < 4.78 is 5.15. The maximum Gasteiger partial charge on any atom is 0.407 e. The van der Waals surface area contributed by atoms with Crippen LogP contribution in [0.15, 0.2) is 36.0 Å². The second-order valence-electron chi connectivity index (χ2n) is 6.32.